The monoisotopic (exact) mass is 682 g/mol. The van der Waals surface area contributed by atoms with Crippen molar-refractivity contribution >= 4 is 126 Å². The summed E-state index contributed by atoms with van der Waals surface area (Å²) in [6.07, 6.45) is 2.84. The third-order valence-electron chi connectivity index (χ3n) is 0.697. The van der Waals surface area contributed by atoms with Gasteiger partial charge in [0, 0.05) is 0 Å². The summed E-state index contributed by atoms with van der Waals surface area (Å²) in [7, 11) is 4.09. The fraction of sp³-hybridized carbons (Fsp3) is 0.600. The molecule has 0 fully saturated rings. The Morgan fingerprint density at radius 1 is 0.680 bits per heavy atom. The first-order valence-electron chi connectivity index (χ1n) is 5.95. The third-order valence-corrected chi connectivity index (χ3v) is 4.12. The van der Waals surface area contributed by atoms with Gasteiger partial charge in [-0.25, -0.2) is 0 Å². The zero-order valence-electron chi connectivity index (χ0n) is 13.6. The molecule has 0 unspecified atom stereocenters. The fourth-order valence-corrected chi connectivity index (χ4v) is 2.31. The molecule has 0 aliphatic rings. The van der Waals surface area contributed by atoms with E-state index < -0.39 is 0 Å². The third kappa shape index (κ3) is 413. The van der Waals surface area contributed by atoms with E-state index in [1.54, 1.807) is 9.62 Å². The molecule has 0 rings (SSSR count). The van der Waals surface area contributed by atoms with Crippen molar-refractivity contribution in [2.24, 2.45) is 22.9 Å². The van der Waals surface area contributed by atoms with Crippen LogP contribution in [0.25, 0.3) is 0 Å². The molecule has 0 aromatic carbocycles. The second-order valence-corrected chi connectivity index (χ2v) is 10.5. The van der Waals surface area contributed by atoms with E-state index in [1.807, 2.05) is 0 Å². The zero-order chi connectivity index (χ0) is 21.8. The van der Waals surface area contributed by atoms with Crippen molar-refractivity contribution in [1.29, 1.82) is 0 Å². The van der Waals surface area contributed by atoms with Crippen LogP contribution in [0.3, 0.4) is 0 Å². The van der Waals surface area contributed by atoms with Gasteiger partial charge in [0.25, 0.3) is 0 Å². The number of hydrogen-bond donors (Lipinski definition) is 4. The molecule has 148 valence electrons. The van der Waals surface area contributed by atoms with Crippen molar-refractivity contribution in [3.8, 4) is 0 Å². The van der Waals surface area contributed by atoms with Gasteiger partial charge in [-0.05, 0) is 0 Å². The molecule has 0 saturated heterocycles. The van der Waals surface area contributed by atoms with Crippen LogP contribution in [0.15, 0.2) is 0 Å². The predicted octanol–water partition coefficient (Wildman–Crippen LogP) is 2.48. The van der Waals surface area contributed by atoms with E-state index in [-0.39, 0.29) is 17.3 Å². The van der Waals surface area contributed by atoms with Crippen molar-refractivity contribution < 1.29 is 36.6 Å². The molecule has 25 heavy (non-hydrogen) atoms. The molecule has 0 bridgehead atoms. The van der Waals surface area contributed by atoms with Gasteiger partial charge >= 0.3 is 82.7 Å². The van der Waals surface area contributed by atoms with Crippen LogP contribution in [-0.2, 0) is 87.1 Å². The van der Waals surface area contributed by atoms with E-state index in [2.05, 4.69) is 146 Å². The Labute approximate surface area is 219 Å². The molecule has 8 N–H and O–H groups in total. The van der Waals surface area contributed by atoms with E-state index in [4.69, 9.17) is 0 Å². The SMILES string of the molecule is CC[CH2][Mo+2][CH2]CC.NC(=S)[S-].NC(=S)[S-].NC(=S)[S-].NC(=S)[S-].[S]=[Mo+2]. The van der Waals surface area contributed by atoms with Crippen LogP contribution in [-0.4, -0.2) is 17.3 Å². The normalized spacial score (nSPS) is 6.44. The summed E-state index contributed by atoms with van der Waals surface area (Å²) in [5.41, 5.74) is 18.6. The molecule has 0 aliphatic heterocycles. The van der Waals surface area contributed by atoms with Crippen molar-refractivity contribution in [1.82, 2.24) is 0 Å². The maximum absolute atomic E-state index is 4.66. The molecule has 4 nitrogen and oxygen atoms in total. The topological polar surface area (TPSA) is 104 Å². The molecule has 0 spiro atoms. The van der Waals surface area contributed by atoms with Gasteiger partial charge in [0.2, 0.25) is 0 Å². The number of nitrogens with two attached hydrogens (primary N) is 4. The molecule has 0 aromatic heterocycles. The van der Waals surface area contributed by atoms with E-state index in [0.717, 1.165) is 0 Å². The van der Waals surface area contributed by atoms with Crippen LogP contribution in [0, 0.1) is 0 Å². The summed E-state index contributed by atoms with van der Waals surface area (Å²) in [6.45, 7) is 4.56. The molecule has 0 radical (unpaired) electrons. The molecule has 0 heterocycles. The Kier molecular flexibility index (Phi) is 74.6. The molecule has 0 aromatic rings. The summed E-state index contributed by atoms with van der Waals surface area (Å²) in [6, 6.07) is 0. The van der Waals surface area contributed by atoms with E-state index in [0.29, 0.717) is 18.6 Å². The Morgan fingerprint density at radius 3 is 0.880 bits per heavy atom. The van der Waals surface area contributed by atoms with Gasteiger partial charge in [-0.3, -0.25) is 0 Å². The Balaban J connectivity index is -0.0000000450. The van der Waals surface area contributed by atoms with E-state index in [9.17, 15) is 0 Å². The molecule has 0 saturated carbocycles. The van der Waals surface area contributed by atoms with Crippen molar-refractivity contribution in [2.45, 2.75) is 36.3 Å². The van der Waals surface area contributed by atoms with Gasteiger partial charge in [-0.2, -0.15) is 0 Å². The number of hydrogen-bond acceptors (Lipinski definition) is 9. The summed E-state index contributed by atoms with van der Waals surface area (Å²) < 4.78 is 0.333. The summed E-state index contributed by atoms with van der Waals surface area (Å²) >= 11 is 35.0. The van der Waals surface area contributed by atoms with Gasteiger partial charge in [0.05, 0.1) is 0 Å². The molecular weight excluding hydrogens is 657 g/mol. The summed E-state index contributed by atoms with van der Waals surface area (Å²) in [5, 5.41) is 0. The number of rotatable bonds is 4. The Morgan fingerprint density at radius 2 is 0.800 bits per heavy atom. The van der Waals surface area contributed by atoms with Crippen LogP contribution in [0.2, 0.25) is 9.62 Å². The zero-order valence-corrected chi connectivity index (χ0v) is 25.0. The van der Waals surface area contributed by atoms with Crippen molar-refractivity contribution in [2.75, 3.05) is 0 Å². The average molecular weight is 679 g/mol. The van der Waals surface area contributed by atoms with Crippen LogP contribution in [0.1, 0.15) is 26.7 Å². The Hall–Kier alpha value is 2.04. The van der Waals surface area contributed by atoms with Gasteiger partial charge in [0.15, 0.2) is 0 Å². The number of thiocarbonyl (C=S) groups is 4. The van der Waals surface area contributed by atoms with Crippen LogP contribution >= 0.6 is 58.7 Å². The first-order chi connectivity index (χ1) is 11.3. The second-order valence-electron chi connectivity index (χ2n) is 2.89. The fourth-order valence-electron chi connectivity index (χ4n) is 0.391. The maximum atomic E-state index is 4.66. The van der Waals surface area contributed by atoms with E-state index in [1.165, 1.54) is 30.8 Å². The first-order valence-corrected chi connectivity index (χ1v) is 14.8. The summed E-state index contributed by atoms with van der Waals surface area (Å²) in [4.78, 5) is 3.11. The van der Waals surface area contributed by atoms with Crippen LogP contribution in [0.5, 0.6) is 0 Å². The quantitative estimate of drug-likeness (QED) is 0.152. The average Bonchev–Trinajstić information content (AvgIpc) is 2.39. The minimum absolute atomic E-state index is 0.0833. The Bertz CT molecular complexity index is 255. The van der Waals surface area contributed by atoms with Crippen molar-refractivity contribution in [3.63, 3.8) is 0 Å². The first kappa shape index (κ1) is 41.4. The van der Waals surface area contributed by atoms with Gasteiger partial charge in [0.1, 0.15) is 0 Å². The molecular formula is C10H22Mo2N4S9. The van der Waals surface area contributed by atoms with Crippen LogP contribution in [0.4, 0.5) is 0 Å². The predicted molar refractivity (Wildman–Crippen MR) is 134 cm³/mol. The molecule has 0 aliphatic carbocycles. The van der Waals surface area contributed by atoms with Crippen molar-refractivity contribution in [3.05, 3.63) is 0 Å². The minimum atomic E-state index is 0.0833. The second kappa shape index (κ2) is 45.0. The van der Waals surface area contributed by atoms with Gasteiger partial charge < -0.3 is 122 Å². The van der Waals surface area contributed by atoms with Gasteiger partial charge in [-0.15, -0.1) is 0 Å². The summed E-state index contributed by atoms with van der Waals surface area (Å²) in [5.74, 6) is 0. The standard InChI is InChI=1S/2C3H7.4CH3NS2.2Mo.S/c2*1-3-2;4*2-1(3)4;;;/h2*1,3H2,2H3;4*(H3,2,3,4);;;/q;;;;;;2*+2;/p-4. The van der Waals surface area contributed by atoms with Gasteiger partial charge in [-0.1, -0.05) is 17.3 Å². The van der Waals surface area contributed by atoms with Crippen LogP contribution < -0.4 is 22.9 Å². The molecule has 0 atom stereocenters. The molecule has 0 amide bonds. The van der Waals surface area contributed by atoms with E-state index >= 15 is 0 Å². The molecule has 15 heteroatoms.